The van der Waals surface area contributed by atoms with E-state index in [0.29, 0.717) is 27.3 Å². The number of allylic oxidation sites excluding steroid dienone is 1. The quantitative estimate of drug-likeness (QED) is 0.517. The Labute approximate surface area is 187 Å². The highest BCUT2D eigenvalue weighted by molar-refractivity contribution is 9.10. The van der Waals surface area contributed by atoms with Crippen molar-refractivity contribution in [3.05, 3.63) is 62.8 Å². The molecule has 160 valence electrons. The number of nitrogens with zero attached hydrogens (tertiary/aromatic N) is 4. The van der Waals surface area contributed by atoms with Crippen molar-refractivity contribution < 1.29 is 14.6 Å². The number of methoxy groups -OCH3 is 1. The number of carbonyl (C=O) groups excluding carboxylic acids is 1. The molecule has 0 saturated carbocycles. The molecule has 2 aromatic carbocycles. The number of hydrogen-bond donors (Lipinski definition) is 3. The van der Waals surface area contributed by atoms with E-state index in [0.717, 1.165) is 16.8 Å². The molecule has 2 heterocycles. The Hall–Kier alpha value is -3.40. The lowest BCUT2D eigenvalue weighted by molar-refractivity contribution is -0.113. The fourth-order valence-corrected chi connectivity index (χ4v) is 4.06. The van der Waals surface area contributed by atoms with Crippen LogP contribution >= 0.6 is 15.9 Å². The highest BCUT2D eigenvalue weighted by Crippen LogP contribution is 2.42. The van der Waals surface area contributed by atoms with Gasteiger partial charge < -0.3 is 20.5 Å². The fourth-order valence-electron chi connectivity index (χ4n) is 3.60. The lowest BCUT2D eigenvalue weighted by Gasteiger charge is -2.28. The van der Waals surface area contributed by atoms with E-state index in [2.05, 4.69) is 42.1 Å². The van der Waals surface area contributed by atoms with Gasteiger partial charge in [-0.3, -0.25) is 4.79 Å². The molecule has 3 aromatic rings. The summed E-state index contributed by atoms with van der Waals surface area (Å²) in [6.07, 6.45) is 0. The van der Waals surface area contributed by atoms with Gasteiger partial charge in [-0.25, -0.2) is 0 Å². The molecule has 10 heteroatoms. The second-order valence-corrected chi connectivity index (χ2v) is 8.12. The van der Waals surface area contributed by atoms with Crippen molar-refractivity contribution in [2.45, 2.75) is 26.8 Å². The molecule has 4 rings (SSSR count). The van der Waals surface area contributed by atoms with Gasteiger partial charge in [0.05, 0.1) is 17.2 Å². The molecule has 1 aromatic heterocycles. The number of phenols is 1. The van der Waals surface area contributed by atoms with Gasteiger partial charge in [-0.2, -0.15) is 4.68 Å². The van der Waals surface area contributed by atoms with Crippen LogP contribution in [0.2, 0.25) is 0 Å². The van der Waals surface area contributed by atoms with Crippen LogP contribution in [0.3, 0.4) is 0 Å². The van der Waals surface area contributed by atoms with Gasteiger partial charge in [0.25, 0.3) is 5.91 Å². The van der Waals surface area contributed by atoms with Crippen molar-refractivity contribution in [3.8, 4) is 11.5 Å². The molecule has 9 nitrogen and oxygen atoms in total. The predicted molar refractivity (Wildman–Crippen MR) is 119 cm³/mol. The largest absolute Gasteiger partial charge is 0.503 e. The SMILES string of the molecule is COc1cc(C2C(C(=O)Nc3cccc(C)c3C)=C(C)Nc3nnnn32)cc(Br)c1O. The number of anilines is 2. The topological polar surface area (TPSA) is 114 Å². The third-order valence-corrected chi connectivity index (χ3v) is 6.00. The number of aromatic hydroxyl groups is 1. The molecule has 1 unspecified atom stereocenters. The van der Waals surface area contributed by atoms with Crippen LogP contribution < -0.4 is 15.4 Å². The zero-order chi connectivity index (χ0) is 22.3. The fraction of sp³-hybridized carbons (Fsp3) is 0.238. The van der Waals surface area contributed by atoms with Gasteiger partial charge in [-0.15, -0.1) is 0 Å². The molecule has 0 radical (unpaired) electrons. The van der Waals surface area contributed by atoms with Gasteiger partial charge in [0.1, 0.15) is 6.04 Å². The molecule has 3 N–H and O–H groups in total. The first-order chi connectivity index (χ1) is 14.8. The van der Waals surface area contributed by atoms with Crippen molar-refractivity contribution in [3.63, 3.8) is 0 Å². The van der Waals surface area contributed by atoms with E-state index in [1.165, 1.54) is 11.8 Å². The maximum Gasteiger partial charge on any atom is 0.255 e. The van der Waals surface area contributed by atoms with E-state index in [4.69, 9.17) is 4.74 Å². The summed E-state index contributed by atoms with van der Waals surface area (Å²) in [5.74, 6) is 0.366. The summed E-state index contributed by atoms with van der Waals surface area (Å²) in [4.78, 5) is 13.5. The van der Waals surface area contributed by atoms with Crippen LogP contribution in [0.15, 0.2) is 46.1 Å². The average molecular weight is 485 g/mol. The van der Waals surface area contributed by atoms with Gasteiger partial charge in [0.2, 0.25) is 5.95 Å². The Morgan fingerprint density at radius 1 is 1.29 bits per heavy atom. The van der Waals surface area contributed by atoms with Gasteiger partial charge in [0, 0.05) is 11.4 Å². The van der Waals surface area contributed by atoms with Crippen molar-refractivity contribution >= 4 is 33.5 Å². The van der Waals surface area contributed by atoms with Crippen molar-refractivity contribution in [2.75, 3.05) is 17.7 Å². The Morgan fingerprint density at radius 2 is 2.06 bits per heavy atom. The summed E-state index contributed by atoms with van der Waals surface area (Å²) in [5.41, 5.74) is 4.54. The number of tetrazole rings is 1. The van der Waals surface area contributed by atoms with Crippen molar-refractivity contribution in [1.82, 2.24) is 20.2 Å². The molecule has 0 aliphatic carbocycles. The van der Waals surface area contributed by atoms with Crippen LogP contribution in [-0.2, 0) is 4.79 Å². The number of amides is 1. The first kappa shape index (κ1) is 20.9. The molecule has 1 aliphatic heterocycles. The zero-order valence-electron chi connectivity index (χ0n) is 17.4. The van der Waals surface area contributed by atoms with Gasteiger partial charge >= 0.3 is 0 Å². The molecule has 0 saturated heterocycles. The van der Waals surface area contributed by atoms with Crippen LogP contribution in [0.25, 0.3) is 0 Å². The second-order valence-electron chi connectivity index (χ2n) is 7.27. The number of hydrogen-bond acceptors (Lipinski definition) is 7. The summed E-state index contributed by atoms with van der Waals surface area (Å²) in [6.45, 7) is 5.76. The molecule has 0 spiro atoms. The number of rotatable bonds is 4. The third-order valence-electron chi connectivity index (χ3n) is 5.40. The molecule has 31 heavy (non-hydrogen) atoms. The molecule has 1 atom stereocenters. The van der Waals surface area contributed by atoms with E-state index in [1.54, 1.807) is 19.1 Å². The standard InChI is InChI=1S/C21H21BrN6O3/c1-10-6-5-7-15(11(10)2)24-20(30)17-12(3)23-21-25-26-27-28(21)18(17)13-8-14(22)19(29)16(9-13)31-4/h5-9,18,29H,1-4H3,(H,24,30)(H,23,25,27). The number of carbonyl (C=O) groups is 1. The highest BCUT2D eigenvalue weighted by Gasteiger charge is 2.35. The average Bonchev–Trinajstić information content (AvgIpc) is 3.20. The molecule has 0 bridgehead atoms. The monoisotopic (exact) mass is 484 g/mol. The molecule has 1 aliphatic rings. The van der Waals surface area contributed by atoms with Crippen LogP contribution in [0.1, 0.15) is 29.7 Å². The van der Waals surface area contributed by atoms with E-state index in [9.17, 15) is 9.90 Å². The van der Waals surface area contributed by atoms with Crippen molar-refractivity contribution in [1.29, 1.82) is 0 Å². The number of aromatic nitrogens is 4. The zero-order valence-corrected chi connectivity index (χ0v) is 19.0. The highest BCUT2D eigenvalue weighted by atomic mass is 79.9. The van der Waals surface area contributed by atoms with E-state index >= 15 is 0 Å². The summed E-state index contributed by atoms with van der Waals surface area (Å²) in [6, 6.07) is 8.51. The molecule has 0 fully saturated rings. The van der Waals surface area contributed by atoms with E-state index < -0.39 is 6.04 Å². The number of halogens is 1. The summed E-state index contributed by atoms with van der Waals surface area (Å²) in [7, 11) is 1.46. The Bertz CT molecular complexity index is 1220. The minimum atomic E-state index is -0.637. The number of aryl methyl sites for hydroxylation is 1. The lowest BCUT2D eigenvalue weighted by Crippen LogP contribution is -2.31. The second kappa shape index (κ2) is 8.03. The lowest BCUT2D eigenvalue weighted by atomic mass is 9.94. The number of nitrogens with one attached hydrogen (secondary N) is 2. The maximum absolute atomic E-state index is 13.5. The smallest absolute Gasteiger partial charge is 0.255 e. The molecular weight excluding hydrogens is 464 g/mol. The number of ether oxygens (including phenoxy) is 1. The number of benzene rings is 2. The Balaban J connectivity index is 1.83. The minimum absolute atomic E-state index is 0.0285. The minimum Gasteiger partial charge on any atom is -0.503 e. The summed E-state index contributed by atoms with van der Waals surface area (Å²) in [5, 5.41) is 28.2. The molecule has 1 amide bonds. The first-order valence-corrected chi connectivity index (χ1v) is 10.3. The maximum atomic E-state index is 13.5. The van der Waals surface area contributed by atoms with Gasteiger partial charge in [-0.1, -0.05) is 17.2 Å². The predicted octanol–water partition coefficient (Wildman–Crippen LogP) is 3.69. The number of fused-ring (bicyclic) bond motifs is 1. The Kier molecular flexibility index (Phi) is 5.40. The van der Waals surface area contributed by atoms with Crippen molar-refractivity contribution in [2.24, 2.45) is 0 Å². The van der Waals surface area contributed by atoms with E-state index in [1.807, 2.05) is 32.0 Å². The summed E-state index contributed by atoms with van der Waals surface area (Å²) >= 11 is 3.36. The number of phenolic OH excluding ortho intramolecular Hbond substituents is 1. The molecular formula is C21H21BrN6O3. The first-order valence-electron chi connectivity index (χ1n) is 9.51. The van der Waals surface area contributed by atoms with Gasteiger partial charge in [0.15, 0.2) is 11.5 Å². The van der Waals surface area contributed by atoms with Crippen LogP contribution in [0.4, 0.5) is 11.6 Å². The van der Waals surface area contributed by atoms with Crippen LogP contribution in [0.5, 0.6) is 11.5 Å². The Morgan fingerprint density at radius 3 is 2.81 bits per heavy atom. The summed E-state index contributed by atoms with van der Waals surface area (Å²) < 4.78 is 7.26. The van der Waals surface area contributed by atoms with Gasteiger partial charge in [-0.05, 0) is 82.0 Å². The van der Waals surface area contributed by atoms with E-state index in [-0.39, 0.29) is 17.4 Å². The van der Waals surface area contributed by atoms with Crippen LogP contribution in [-0.4, -0.2) is 38.3 Å². The third kappa shape index (κ3) is 3.63. The normalized spacial score (nSPS) is 15.3. The van der Waals surface area contributed by atoms with Crippen LogP contribution in [0, 0.1) is 13.8 Å².